The molecule has 0 amide bonds. The summed E-state index contributed by atoms with van der Waals surface area (Å²) in [6.07, 6.45) is 3.78. The fourth-order valence-electron chi connectivity index (χ4n) is 3.53. The molecule has 8 heteroatoms. The largest absolute Gasteiger partial charge is 0.493 e. The molecule has 1 atom stereocenters. The van der Waals surface area contributed by atoms with Crippen LogP contribution in [0, 0.1) is 0 Å². The van der Waals surface area contributed by atoms with Crippen LogP contribution in [0.4, 0.5) is 0 Å². The maximum atomic E-state index is 10.7. The van der Waals surface area contributed by atoms with Crippen LogP contribution in [-0.2, 0) is 0 Å². The Hall–Kier alpha value is -2.32. The quantitative estimate of drug-likeness (QED) is 0.715. The molecule has 1 N–H and O–H groups in total. The molecule has 0 saturated carbocycles. The third-order valence-corrected chi connectivity index (χ3v) is 5.78. The number of aromatic hydroxyl groups is 1. The highest BCUT2D eigenvalue weighted by molar-refractivity contribution is 7.17. The smallest absolute Gasteiger partial charge is 0.230 e. The molecule has 1 aliphatic rings. The number of rotatable bonds is 6. The fourth-order valence-corrected chi connectivity index (χ4v) is 4.62. The van der Waals surface area contributed by atoms with E-state index in [9.17, 15) is 5.11 Å². The summed E-state index contributed by atoms with van der Waals surface area (Å²) in [4.78, 5) is 8.16. The van der Waals surface area contributed by atoms with Crippen LogP contribution < -0.4 is 9.47 Å². The Balaban J connectivity index is 1.81. The number of methoxy groups -OCH3 is 1. The van der Waals surface area contributed by atoms with Gasteiger partial charge in [0.05, 0.1) is 24.6 Å². The zero-order valence-corrected chi connectivity index (χ0v) is 15.7. The van der Waals surface area contributed by atoms with Crippen LogP contribution in [0.25, 0.3) is 4.96 Å². The van der Waals surface area contributed by atoms with Gasteiger partial charge in [-0.3, -0.25) is 4.90 Å². The standard InChI is InChI=1S/C18H22N4O3S/c1-3-25-13-7-6-12(10-14(13)24-2)15(21-8-4-5-9-21)16-17(23)22-18(26-16)19-11-20-22/h6-7,10-11,15,23H,3-5,8-9H2,1-2H3. The maximum Gasteiger partial charge on any atom is 0.230 e. The minimum Gasteiger partial charge on any atom is -0.493 e. The van der Waals surface area contributed by atoms with Gasteiger partial charge >= 0.3 is 0 Å². The van der Waals surface area contributed by atoms with Crippen molar-refractivity contribution in [2.75, 3.05) is 26.8 Å². The highest BCUT2D eigenvalue weighted by atomic mass is 32.1. The van der Waals surface area contributed by atoms with Gasteiger partial charge in [-0.05, 0) is 50.6 Å². The second-order valence-corrected chi connectivity index (χ2v) is 7.24. The molecule has 7 nitrogen and oxygen atoms in total. The molecule has 0 bridgehead atoms. The summed E-state index contributed by atoms with van der Waals surface area (Å²) in [7, 11) is 1.65. The number of benzene rings is 1. The summed E-state index contributed by atoms with van der Waals surface area (Å²) >= 11 is 1.47. The highest BCUT2D eigenvalue weighted by Crippen LogP contribution is 2.42. The van der Waals surface area contributed by atoms with E-state index in [4.69, 9.17) is 9.47 Å². The van der Waals surface area contributed by atoms with Gasteiger partial charge < -0.3 is 14.6 Å². The van der Waals surface area contributed by atoms with E-state index in [1.165, 1.54) is 22.2 Å². The predicted octanol–water partition coefficient (Wildman–Crippen LogP) is 3.09. The minimum atomic E-state index is -0.0597. The van der Waals surface area contributed by atoms with E-state index in [-0.39, 0.29) is 11.9 Å². The number of ether oxygens (including phenoxy) is 2. The summed E-state index contributed by atoms with van der Waals surface area (Å²) in [6, 6.07) is 5.93. The Morgan fingerprint density at radius 1 is 1.27 bits per heavy atom. The number of nitrogens with zero attached hydrogens (tertiary/aromatic N) is 4. The van der Waals surface area contributed by atoms with E-state index >= 15 is 0 Å². The number of hydrogen-bond acceptors (Lipinski definition) is 7. The topological polar surface area (TPSA) is 72.1 Å². The van der Waals surface area contributed by atoms with Gasteiger partial charge in [0.2, 0.25) is 10.8 Å². The summed E-state index contributed by atoms with van der Waals surface area (Å²) in [6.45, 7) is 4.52. The minimum absolute atomic E-state index is 0.0597. The van der Waals surface area contributed by atoms with Crippen LogP contribution in [0.15, 0.2) is 24.5 Å². The number of hydrogen-bond donors (Lipinski definition) is 1. The van der Waals surface area contributed by atoms with Crippen LogP contribution in [0.5, 0.6) is 17.4 Å². The molecule has 1 unspecified atom stereocenters. The Labute approximate surface area is 155 Å². The van der Waals surface area contributed by atoms with Crippen molar-refractivity contribution in [1.82, 2.24) is 19.5 Å². The van der Waals surface area contributed by atoms with Crippen molar-refractivity contribution in [2.24, 2.45) is 0 Å². The van der Waals surface area contributed by atoms with Crippen LogP contribution in [0.1, 0.15) is 36.2 Å². The predicted molar refractivity (Wildman–Crippen MR) is 99.3 cm³/mol. The zero-order chi connectivity index (χ0) is 18.1. The van der Waals surface area contributed by atoms with Crippen molar-refractivity contribution in [3.63, 3.8) is 0 Å². The Bertz CT molecular complexity index is 901. The first-order valence-electron chi connectivity index (χ1n) is 8.79. The number of aromatic nitrogens is 3. The molecule has 138 valence electrons. The third-order valence-electron chi connectivity index (χ3n) is 4.70. The lowest BCUT2D eigenvalue weighted by Crippen LogP contribution is -2.26. The SMILES string of the molecule is CCOc1ccc(C(c2sc3ncnn3c2O)N2CCCC2)cc1OC. The summed E-state index contributed by atoms with van der Waals surface area (Å²) in [5.74, 6) is 1.59. The molecule has 3 heterocycles. The van der Waals surface area contributed by atoms with Crippen LogP contribution in [0.3, 0.4) is 0 Å². The van der Waals surface area contributed by atoms with E-state index in [1.54, 1.807) is 7.11 Å². The average molecular weight is 374 g/mol. The van der Waals surface area contributed by atoms with Gasteiger partial charge in [0.1, 0.15) is 6.33 Å². The van der Waals surface area contributed by atoms with Crippen molar-refractivity contribution < 1.29 is 14.6 Å². The Kier molecular flexibility index (Phi) is 4.69. The van der Waals surface area contributed by atoms with Gasteiger partial charge in [-0.15, -0.1) is 0 Å². The van der Waals surface area contributed by atoms with Gasteiger partial charge in [-0.25, -0.2) is 4.98 Å². The van der Waals surface area contributed by atoms with Gasteiger partial charge in [0, 0.05) is 0 Å². The van der Waals surface area contributed by atoms with Crippen LogP contribution in [-0.4, -0.2) is 51.4 Å². The van der Waals surface area contributed by atoms with E-state index in [1.807, 2.05) is 25.1 Å². The third kappa shape index (κ3) is 2.89. The maximum absolute atomic E-state index is 10.7. The van der Waals surface area contributed by atoms with Gasteiger partial charge in [0.25, 0.3) is 0 Å². The highest BCUT2D eigenvalue weighted by Gasteiger charge is 2.31. The van der Waals surface area contributed by atoms with Gasteiger partial charge in [-0.2, -0.15) is 9.61 Å². The van der Waals surface area contributed by atoms with E-state index in [2.05, 4.69) is 15.0 Å². The van der Waals surface area contributed by atoms with Gasteiger partial charge in [0.15, 0.2) is 11.5 Å². The second-order valence-electron chi connectivity index (χ2n) is 6.23. The van der Waals surface area contributed by atoms with Crippen LogP contribution in [0.2, 0.25) is 0 Å². The molecule has 0 radical (unpaired) electrons. The van der Waals surface area contributed by atoms with Gasteiger partial charge in [-0.1, -0.05) is 17.4 Å². The van der Waals surface area contributed by atoms with Crippen molar-refractivity contribution in [3.8, 4) is 17.4 Å². The van der Waals surface area contributed by atoms with E-state index < -0.39 is 0 Å². The van der Waals surface area contributed by atoms with E-state index in [0.29, 0.717) is 17.3 Å². The molecule has 26 heavy (non-hydrogen) atoms. The molecule has 3 aromatic rings. The molecular formula is C18H22N4O3S. The first kappa shape index (κ1) is 17.1. The number of thiazole rings is 1. The molecule has 0 spiro atoms. The molecule has 2 aromatic heterocycles. The molecule has 4 rings (SSSR count). The molecule has 1 aromatic carbocycles. The fraction of sp³-hybridized carbons (Fsp3) is 0.444. The monoisotopic (exact) mass is 374 g/mol. The first-order valence-corrected chi connectivity index (χ1v) is 9.60. The summed E-state index contributed by atoms with van der Waals surface area (Å²) in [5.41, 5.74) is 1.06. The van der Waals surface area contributed by atoms with Crippen molar-refractivity contribution in [2.45, 2.75) is 25.8 Å². The normalized spacial score (nSPS) is 16.2. The molecule has 1 saturated heterocycles. The van der Waals surface area contributed by atoms with Crippen molar-refractivity contribution in [3.05, 3.63) is 35.0 Å². The average Bonchev–Trinajstić information content (AvgIpc) is 3.38. The number of likely N-dealkylation sites (tertiary alicyclic amines) is 1. The van der Waals surface area contributed by atoms with Crippen LogP contribution >= 0.6 is 11.3 Å². The molecule has 0 aliphatic carbocycles. The Morgan fingerprint density at radius 2 is 2.08 bits per heavy atom. The van der Waals surface area contributed by atoms with Crippen molar-refractivity contribution >= 4 is 16.3 Å². The molecule has 1 aliphatic heterocycles. The lowest BCUT2D eigenvalue weighted by molar-refractivity contribution is 0.274. The summed E-state index contributed by atoms with van der Waals surface area (Å²) in [5, 5.41) is 14.8. The molecule has 1 fully saturated rings. The number of fused-ring (bicyclic) bond motifs is 1. The first-order chi connectivity index (χ1) is 12.7. The Morgan fingerprint density at radius 3 is 2.77 bits per heavy atom. The lowest BCUT2D eigenvalue weighted by atomic mass is 10.0. The van der Waals surface area contributed by atoms with Crippen molar-refractivity contribution in [1.29, 1.82) is 0 Å². The second kappa shape index (κ2) is 7.13. The molecular weight excluding hydrogens is 352 g/mol. The zero-order valence-electron chi connectivity index (χ0n) is 14.9. The summed E-state index contributed by atoms with van der Waals surface area (Å²) < 4.78 is 12.7. The lowest BCUT2D eigenvalue weighted by Gasteiger charge is -2.27. The van der Waals surface area contributed by atoms with E-state index in [0.717, 1.165) is 42.1 Å².